The molecule has 1 unspecified atom stereocenters. The van der Waals surface area contributed by atoms with Gasteiger partial charge in [0.15, 0.2) is 5.65 Å². The summed E-state index contributed by atoms with van der Waals surface area (Å²) < 4.78 is 7.62. The normalized spacial score (nSPS) is 22.2. The quantitative estimate of drug-likeness (QED) is 0.396. The Morgan fingerprint density at radius 2 is 1.86 bits per heavy atom. The Kier molecular flexibility index (Phi) is 7.65. The molecule has 0 spiro atoms. The molecule has 4 N–H and O–H groups in total. The second-order valence-corrected chi connectivity index (χ2v) is 10.4. The van der Waals surface area contributed by atoms with E-state index < -0.39 is 0 Å². The van der Waals surface area contributed by atoms with Crippen molar-refractivity contribution >= 4 is 57.9 Å². The van der Waals surface area contributed by atoms with Crippen molar-refractivity contribution < 1.29 is 9.53 Å². The van der Waals surface area contributed by atoms with E-state index in [1.54, 1.807) is 18.3 Å². The van der Waals surface area contributed by atoms with Crippen molar-refractivity contribution in [1.29, 1.82) is 5.26 Å². The summed E-state index contributed by atoms with van der Waals surface area (Å²) in [6.07, 6.45) is 7.44. The second kappa shape index (κ2) is 11.1. The van der Waals surface area contributed by atoms with Gasteiger partial charge in [0.05, 0.1) is 33.6 Å². The predicted molar refractivity (Wildman–Crippen MR) is 142 cm³/mol. The van der Waals surface area contributed by atoms with E-state index >= 15 is 0 Å². The summed E-state index contributed by atoms with van der Waals surface area (Å²) in [7, 11) is 0. The van der Waals surface area contributed by atoms with Gasteiger partial charge in [-0.25, -0.2) is 9.97 Å². The summed E-state index contributed by atoms with van der Waals surface area (Å²) in [5.74, 6) is 0.659. The van der Waals surface area contributed by atoms with Crippen LogP contribution in [0.3, 0.4) is 0 Å². The average molecular weight is 543 g/mol. The maximum atomic E-state index is 11.8. The number of imidazole rings is 1. The highest BCUT2D eigenvalue weighted by Gasteiger charge is 2.29. The van der Waals surface area contributed by atoms with Crippen molar-refractivity contribution in [2.45, 2.75) is 57.0 Å². The van der Waals surface area contributed by atoms with E-state index in [9.17, 15) is 10.1 Å². The topological polar surface area (TPSA) is 144 Å². The minimum Gasteiger partial charge on any atom is -0.381 e. The molecule has 2 aromatic heterocycles. The lowest BCUT2D eigenvalue weighted by atomic mass is 9.85. The minimum atomic E-state index is -0.260. The summed E-state index contributed by atoms with van der Waals surface area (Å²) in [5.41, 5.74) is 7.68. The number of nitrogens with two attached hydrogens (primary N) is 1. The third-order valence-electron chi connectivity index (χ3n) is 7.09. The minimum absolute atomic E-state index is 0.0352. The van der Waals surface area contributed by atoms with Crippen LogP contribution in [-0.4, -0.2) is 44.7 Å². The second-order valence-electron chi connectivity index (χ2n) is 9.55. The number of nitrogens with one attached hydrogen (secondary N) is 2. The van der Waals surface area contributed by atoms with E-state index in [1.807, 2.05) is 4.57 Å². The molecule has 1 atom stereocenters. The van der Waals surface area contributed by atoms with Crippen LogP contribution < -0.4 is 16.4 Å². The Bertz CT molecular complexity index is 1320. The van der Waals surface area contributed by atoms with E-state index in [1.165, 1.54) is 0 Å². The van der Waals surface area contributed by atoms with Gasteiger partial charge in [-0.1, -0.05) is 23.2 Å². The molecular formula is C25H28Cl2N8O2. The van der Waals surface area contributed by atoms with Crippen LogP contribution in [0.5, 0.6) is 0 Å². The highest BCUT2D eigenvalue weighted by Crippen LogP contribution is 2.39. The van der Waals surface area contributed by atoms with Crippen molar-refractivity contribution in [2.24, 2.45) is 11.7 Å². The Labute approximate surface area is 224 Å². The first-order valence-corrected chi connectivity index (χ1v) is 13.2. The van der Waals surface area contributed by atoms with Gasteiger partial charge in [0.25, 0.3) is 0 Å². The van der Waals surface area contributed by atoms with E-state index in [2.05, 4.69) is 21.7 Å². The number of nitrogens with zero attached hydrogens (tertiary/aromatic N) is 5. The van der Waals surface area contributed by atoms with Crippen LogP contribution in [-0.2, 0) is 9.53 Å². The average Bonchev–Trinajstić information content (AvgIpc) is 3.04. The molecule has 1 aliphatic heterocycles. The van der Waals surface area contributed by atoms with Gasteiger partial charge in [-0.2, -0.15) is 10.2 Å². The lowest BCUT2D eigenvalue weighted by Crippen LogP contribution is -2.29. The fraction of sp³-hybridized carbons (Fsp3) is 0.480. The number of anilines is 3. The third-order valence-corrected chi connectivity index (χ3v) is 7.69. The molecular weight excluding hydrogens is 515 g/mol. The van der Waals surface area contributed by atoms with Gasteiger partial charge in [-0.05, 0) is 57.1 Å². The number of hydrogen-bond donors (Lipinski definition) is 3. The van der Waals surface area contributed by atoms with Gasteiger partial charge in [0, 0.05) is 31.2 Å². The molecule has 3 aromatic rings. The first-order valence-electron chi connectivity index (χ1n) is 12.5. The molecule has 37 heavy (non-hydrogen) atoms. The number of hydrogen-bond acceptors (Lipinski definition) is 8. The molecule has 3 heterocycles. The highest BCUT2D eigenvalue weighted by atomic mass is 35.5. The summed E-state index contributed by atoms with van der Waals surface area (Å²) >= 11 is 12.9. The summed E-state index contributed by atoms with van der Waals surface area (Å²) in [6.45, 7) is 1.48. The maximum absolute atomic E-state index is 11.8. The lowest BCUT2D eigenvalue weighted by Gasteiger charge is -2.29. The molecule has 2 aliphatic rings. The number of benzene rings is 1. The molecule has 1 amide bonds. The molecule has 12 heteroatoms. The van der Waals surface area contributed by atoms with E-state index in [4.69, 9.17) is 43.6 Å². The Morgan fingerprint density at radius 1 is 1.11 bits per heavy atom. The molecule has 1 aromatic carbocycles. The van der Waals surface area contributed by atoms with Crippen molar-refractivity contribution in [2.75, 3.05) is 23.8 Å². The van der Waals surface area contributed by atoms with Crippen molar-refractivity contribution in [1.82, 2.24) is 19.5 Å². The van der Waals surface area contributed by atoms with Gasteiger partial charge in [0.2, 0.25) is 17.8 Å². The van der Waals surface area contributed by atoms with Crippen molar-refractivity contribution in [3.63, 3.8) is 0 Å². The van der Waals surface area contributed by atoms with Gasteiger partial charge in [0.1, 0.15) is 5.52 Å². The Hall–Kier alpha value is -3.13. The molecule has 194 valence electrons. The van der Waals surface area contributed by atoms with Crippen LogP contribution in [0, 0.1) is 17.2 Å². The number of halogens is 2. The smallest absolute Gasteiger partial charge is 0.224 e. The van der Waals surface area contributed by atoms with Crippen LogP contribution in [0.4, 0.5) is 17.6 Å². The zero-order chi connectivity index (χ0) is 25.9. The zero-order valence-corrected chi connectivity index (χ0v) is 21.7. The first-order chi connectivity index (χ1) is 17.9. The number of aromatic nitrogens is 4. The van der Waals surface area contributed by atoms with Crippen LogP contribution in [0.15, 0.2) is 18.3 Å². The van der Waals surface area contributed by atoms with Crippen molar-refractivity contribution in [3.8, 4) is 6.07 Å². The molecule has 10 nitrogen and oxygen atoms in total. The zero-order valence-electron chi connectivity index (χ0n) is 20.2. The summed E-state index contributed by atoms with van der Waals surface area (Å²) in [5, 5.41) is 16.6. The van der Waals surface area contributed by atoms with Crippen molar-refractivity contribution in [3.05, 3.63) is 33.9 Å². The standard InChI is InChI=1S/C25H28Cl2N8O2/c26-18-10-14(12-28)11-19(27)21(18)33-25-32-20-13-30-24(31-16-2-1-8-37-9-7-16)34-23(20)35(25)17-5-3-15(4-6-17)22(29)36/h10-11,13,15-17H,1-9H2,(H2,29,36)(H,32,33)(H,30,31,34). The highest BCUT2D eigenvalue weighted by molar-refractivity contribution is 6.39. The SMILES string of the molecule is N#Cc1cc(Cl)c(Nc2nc3cnc(NC4CCCOCC4)nc3n2C2CCC(C(N)=O)CC2)c(Cl)c1. The predicted octanol–water partition coefficient (Wildman–Crippen LogP) is 4.95. The van der Waals surface area contributed by atoms with E-state index in [0.717, 1.165) is 38.7 Å². The lowest BCUT2D eigenvalue weighted by molar-refractivity contribution is -0.122. The fourth-order valence-corrected chi connectivity index (χ4v) is 5.69. The number of primary amides is 1. The Morgan fingerprint density at radius 3 is 2.57 bits per heavy atom. The number of ether oxygens (including phenoxy) is 1. The summed E-state index contributed by atoms with van der Waals surface area (Å²) in [4.78, 5) is 25.9. The number of carbonyl (C=O) groups excluding carboxylic acids is 1. The van der Waals surface area contributed by atoms with Crippen LogP contribution in [0.25, 0.3) is 11.2 Å². The van der Waals surface area contributed by atoms with Gasteiger partial charge in [-0.3, -0.25) is 9.36 Å². The molecule has 2 fully saturated rings. The van der Waals surface area contributed by atoms with Crippen LogP contribution in [0.1, 0.15) is 56.6 Å². The fourth-order valence-electron chi connectivity index (χ4n) is 5.11. The van der Waals surface area contributed by atoms with Gasteiger partial charge < -0.3 is 21.1 Å². The molecule has 0 bridgehead atoms. The Balaban J connectivity index is 1.52. The molecule has 1 saturated carbocycles. The maximum Gasteiger partial charge on any atom is 0.224 e. The number of nitriles is 1. The number of fused-ring (bicyclic) bond motifs is 1. The van der Waals surface area contributed by atoms with Crippen LogP contribution in [0.2, 0.25) is 10.0 Å². The van der Waals surface area contributed by atoms with E-state index in [-0.39, 0.29) is 23.9 Å². The number of amides is 1. The molecule has 1 aliphatic carbocycles. The first kappa shape index (κ1) is 25.5. The van der Waals surface area contributed by atoms with Crippen LogP contribution >= 0.6 is 23.2 Å². The third kappa shape index (κ3) is 5.59. The van der Waals surface area contributed by atoms with Gasteiger partial charge >= 0.3 is 0 Å². The van der Waals surface area contributed by atoms with Gasteiger partial charge in [-0.15, -0.1) is 0 Å². The van der Waals surface area contributed by atoms with E-state index in [0.29, 0.717) is 63.8 Å². The molecule has 0 radical (unpaired) electrons. The number of rotatable bonds is 6. The molecule has 5 rings (SSSR count). The summed E-state index contributed by atoms with van der Waals surface area (Å²) in [6, 6.07) is 5.43. The monoisotopic (exact) mass is 542 g/mol. The molecule has 1 saturated heterocycles. The largest absolute Gasteiger partial charge is 0.381 e. The number of carbonyl (C=O) groups is 1.